The molecule has 0 aromatic heterocycles. The Labute approximate surface area is 175 Å². The topological polar surface area (TPSA) is 35.6 Å². The molecule has 4 heteroatoms. The van der Waals surface area contributed by atoms with Crippen LogP contribution in [0, 0.1) is 0 Å². The Morgan fingerprint density at radius 2 is 1.72 bits per heavy atom. The standard InChI is InChI=1S/C25H35N3O/c1-25(2)20-23(27(3)22-15-8-5-9-16-22)17-19-28(25)24(29)26-18-11-10-14-21-12-6-4-7-13-21/h4-9,12-13,15-16,23H,10-11,14,17-20H2,1-3H3,(H,26,29). The number of benzene rings is 2. The summed E-state index contributed by atoms with van der Waals surface area (Å²) >= 11 is 0. The van der Waals surface area contributed by atoms with E-state index in [1.807, 2.05) is 17.0 Å². The summed E-state index contributed by atoms with van der Waals surface area (Å²) in [6, 6.07) is 21.6. The largest absolute Gasteiger partial charge is 0.371 e. The number of para-hydroxylation sites is 1. The molecular formula is C25H35N3O. The summed E-state index contributed by atoms with van der Waals surface area (Å²) < 4.78 is 0. The normalized spacial score (nSPS) is 18.3. The van der Waals surface area contributed by atoms with Crippen molar-refractivity contribution in [2.45, 2.75) is 57.5 Å². The van der Waals surface area contributed by atoms with Gasteiger partial charge in [0.05, 0.1) is 0 Å². The van der Waals surface area contributed by atoms with E-state index in [9.17, 15) is 4.79 Å². The van der Waals surface area contributed by atoms with E-state index in [4.69, 9.17) is 0 Å². The number of hydrogen-bond acceptors (Lipinski definition) is 2. The highest BCUT2D eigenvalue weighted by Gasteiger charge is 2.38. The highest BCUT2D eigenvalue weighted by atomic mass is 16.2. The number of amides is 2. The Hall–Kier alpha value is -2.49. The van der Waals surface area contributed by atoms with Crippen molar-refractivity contribution in [3.8, 4) is 0 Å². The number of unbranched alkanes of at least 4 members (excludes halogenated alkanes) is 1. The van der Waals surface area contributed by atoms with Crippen molar-refractivity contribution in [1.82, 2.24) is 10.2 Å². The molecule has 1 N–H and O–H groups in total. The molecule has 2 aromatic rings. The summed E-state index contributed by atoms with van der Waals surface area (Å²) in [5.74, 6) is 0. The number of carbonyl (C=O) groups excluding carboxylic acids is 1. The molecule has 2 aromatic carbocycles. The highest BCUT2D eigenvalue weighted by molar-refractivity contribution is 5.75. The number of anilines is 1. The molecular weight excluding hydrogens is 358 g/mol. The van der Waals surface area contributed by atoms with Crippen LogP contribution in [-0.2, 0) is 6.42 Å². The number of aryl methyl sites for hydroxylation is 1. The SMILES string of the molecule is CN(c1ccccc1)C1CCN(C(=O)NCCCCc2ccccc2)C(C)(C)C1. The molecule has 2 amide bonds. The van der Waals surface area contributed by atoms with Gasteiger partial charge in [0, 0.05) is 37.4 Å². The third-order valence-electron chi connectivity index (χ3n) is 6.12. The Morgan fingerprint density at radius 1 is 1.07 bits per heavy atom. The molecule has 1 atom stereocenters. The summed E-state index contributed by atoms with van der Waals surface area (Å²) in [6.45, 7) is 5.91. The molecule has 3 rings (SSSR count). The maximum absolute atomic E-state index is 12.8. The summed E-state index contributed by atoms with van der Waals surface area (Å²) in [5.41, 5.74) is 2.45. The van der Waals surface area contributed by atoms with Gasteiger partial charge in [-0.3, -0.25) is 0 Å². The number of likely N-dealkylation sites (tertiary alicyclic amines) is 1. The van der Waals surface area contributed by atoms with E-state index in [1.54, 1.807) is 0 Å². The molecule has 1 aliphatic heterocycles. The molecule has 0 spiro atoms. The van der Waals surface area contributed by atoms with Gasteiger partial charge in [0.25, 0.3) is 0 Å². The van der Waals surface area contributed by atoms with E-state index in [1.165, 1.54) is 11.3 Å². The lowest BCUT2D eigenvalue weighted by Gasteiger charge is -2.48. The maximum atomic E-state index is 12.8. The molecule has 1 fully saturated rings. The number of urea groups is 1. The Kier molecular flexibility index (Phi) is 7.18. The number of carbonyl (C=O) groups is 1. The molecule has 1 saturated heterocycles. The fourth-order valence-electron chi connectivity index (χ4n) is 4.34. The first-order valence-electron chi connectivity index (χ1n) is 10.8. The lowest BCUT2D eigenvalue weighted by molar-refractivity contribution is 0.0925. The summed E-state index contributed by atoms with van der Waals surface area (Å²) in [7, 11) is 2.17. The van der Waals surface area contributed by atoms with Gasteiger partial charge in [-0.1, -0.05) is 48.5 Å². The first-order chi connectivity index (χ1) is 14.0. The smallest absolute Gasteiger partial charge is 0.317 e. The number of rotatable bonds is 7. The molecule has 156 valence electrons. The second-order valence-electron chi connectivity index (χ2n) is 8.73. The van der Waals surface area contributed by atoms with Gasteiger partial charge in [0.15, 0.2) is 0 Å². The molecule has 4 nitrogen and oxygen atoms in total. The van der Waals surface area contributed by atoms with Crippen LogP contribution in [0.3, 0.4) is 0 Å². The van der Waals surface area contributed by atoms with Crippen molar-refractivity contribution in [3.63, 3.8) is 0 Å². The van der Waals surface area contributed by atoms with E-state index in [2.05, 4.69) is 79.6 Å². The van der Waals surface area contributed by atoms with Crippen molar-refractivity contribution in [3.05, 3.63) is 66.2 Å². The van der Waals surface area contributed by atoms with Crippen molar-refractivity contribution >= 4 is 11.7 Å². The van der Waals surface area contributed by atoms with Gasteiger partial charge in [-0.2, -0.15) is 0 Å². The van der Waals surface area contributed by atoms with Crippen LogP contribution in [0.15, 0.2) is 60.7 Å². The zero-order chi connectivity index (χ0) is 20.7. The van der Waals surface area contributed by atoms with Gasteiger partial charge >= 0.3 is 6.03 Å². The molecule has 0 radical (unpaired) electrons. The molecule has 0 aliphatic carbocycles. The highest BCUT2D eigenvalue weighted by Crippen LogP contribution is 2.32. The van der Waals surface area contributed by atoms with Crippen LogP contribution in [0.5, 0.6) is 0 Å². The lowest BCUT2D eigenvalue weighted by Crippen LogP contribution is -2.59. The van der Waals surface area contributed by atoms with Gasteiger partial charge in [-0.05, 0) is 63.6 Å². The zero-order valence-electron chi connectivity index (χ0n) is 18.1. The first kappa shape index (κ1) is 21.2. The first-order valence-corrected chi connectivity index (χ1v) is 10.8. The van der Waals surface area contributed by atoms with Crippen LogP contribution >= 0.6 is 0 Å². The van der Waals surface area contributed by atoms with Crippen LogP contribution < -0.4 is 10.2 Å². The second kappa shape index (κ2) is 9.82. The fraction of sp³-hybridized carbons (Fsp3) is 0.480. The van der Waals surface area contributed by atoms with Crippen molar-refractivity contribution in [2.75, 3.05) is 25.0 Å². The second-order valence-corrected chi connectivity index (χ2v) is 8.73. The van der Waals surface area contributed by atoms with Gasteiger partial charge in [0.2, 0.25) is 0 Å². The van der Waals surface area contributed by atoms with Crippen LogP contribution in [-0.4, -0.2) is 42.6 Å². The van der Waals surface area contributed by atoms with Crippen LogP contribution in [0.2, 0.25) is 0 Å². The average Bonchev–Trinajstić information content (AvgIpc) is 2.73. The van der Waals surface area contributed by atoms with E-state index in [0.29, 0.717) is 6.04 Å². The molecule has 1 heterocycles. The van der Waals surface area contributed by atoms with Crippen molar-refractivity contribution in [1.29, 1.82) is 0 Å². The third-order valence-corrected chi connectivity index (χ3v) is 6.12. The number of piperidine rings is 1. The molecule has 29 heavy (non-hydrogen) atoms. The lowest BCUT2D eigenvalue weighted by atomic mass is 9.86. The average molecular weight is 394 g/mol. The number of hydrogen-bond donors (Lipinski definition) is 1. The van der Waals surface area contributed by atoms with Crippen LogP contribution in [0.1, 0.15) is 45.1 Å². The maximum Gasteiger partial charge on any atom is 0.317 e. The van der Waals surface area contributed by atoms with E-state index in [-0.39, 0.29) is 11.6 Å². The van der Waals surface area contributed by atoms with E-state index >= 15 is 0 Å². The zero-order valence-corrected chi connectivity index (χ0v) is 18.1. The summed E-state index contributed by atoms with van der Waals surface area (Å²) in [5, 5.41) is 3.14. The van der Waals surface area contributed by atoms with Crippen LogP contribution in [0.4, 0.5) is 10.5 Å². The Morgan fingerprint density at radius 3 is 2.38 bits per heavy atom. The van der Waals surface area contributed by atoms with E-state index < -0.39 is 0 Å². The van der Waals surface area contributed by atoms with E-state index in [0.717, 1.165) is 45.2 Å². The minimum Gasteiger partial charge on any atom is -0.371 e. The minimum absolute atomic E-state index is 0.0792. The summed E-state index contributed by atoms with van der Waals surface area (Å²) in [6.07, 6.45) is 5.14. The van der Waals surface area contributed by atoms with Gasteiger partial charge in [0.1, 0.15) is 0 Å². The minimum atomic E-state index is -0.153. The van der Waals surface area contributed by atoms with Crippen molar-refractivity contribution < 1.29 is 4.79 Å². The molecule has 0 bridgehead atoms. The molecule has 0 saturated carbocycles. The van der Waals surface area contributed by atoms with Gasteiger partial charge < -0.3 is 15.1 Å². The predicted octanol–water partition coefficient (Wildman–Crippen LogP) is 5.10. The predicted molar refractivity (Wildman–Crippen MR) is 121 cm³/mol. The Balaban J connectivity index is 1.44. The fourth-order valence-corrected chi connectivity index (χ4v) is 4.34. The van der Waals surface area contributed by atoms with Gasteiger partial charge in [-0.15, -0.1) is 0 Å². The van der Waals surface area contributed by atoms with Gasteiger partial charge in [-0.25, -0.2) is 4.79 Å². The Bertz CT molecular complexity index is 760. The summed E-state index contributed by atoms with van der Waals surface area (Å²) in [4.78, 5) is 17.2. The quantitative estimate of drug-likeness (QED) is 0.665. The van der Waals surface area contributed by atoms with Crippen molar-refractivity contribution in [2.24, 2.45) is 0 Å². The third kappa shape index (κ3) is 5.75. The number of nitrogens with zero attached hydrogens (tertiary/aromatic N) is 2. The van der Waals surface area contributed by atoms with Crippen LogP contribution in [0.25, 0.3) is 0 Å². The molecule has 1 aliphatic rings. The molecule has 1 unspecified atom stereocenters. The number of nitrogens with one attached hydrogen (secondary N) is 1. The monoisotopic (exact) mass is 393 g/mol.